The Labute approximate surface area is 134 Å². The molecule has 0 spiro atoms. The molecule has 1 atom stereocenters. The molecule has 2 N–H and O–H groups in total. The van der Waals surface area contributed by atoms with E-state index in [0.29, 0.717) is 12.3 Å². The number of Topliss-reactive ketones (excluding diaryl/α,β-unsaturated/α-hetero) is 1. The Bertz CT molecular complexity index is 553. The minimum absolute atomic E-state index is 0.00179. The maximum atomic E-state index is 11.8. The standard InChI is InChI=1S/C17H21NO5/c18-14(9-8-12-6-7-12)15(19)10-16(20)23-17(21)22-11-13-4-2-1-3-5-13/h1-5,12,14H,6-11,18H2/t14-/m0/s1. The van der Waals surface area contributed by atoms with Crippen LogP contribution in [0.2, 0.25) is 0 Å². The van der Waals surface area contributed by atoms with Crippen molar-refractivity contribution in [3.05, 3.63) is 35.9 Å². The first-order valence-electron chi connectivity index (χ1n) is 7.74. The summed E-state index contributed by atoms with van der Waals surface area (Å²) in [7, 11) is 0. The summed E-state index contributed by atoms with van der Waals surface area (Å²) in [5.41, 5.74) is 6.51. The molecule has 0 aliphatic heterocycles. The number of carbonyl (C=O) groups excluding carboxylic acids is 3. The Kier molecular flexibility index (Phi) is 6.29. The minimum Gasteiger partial charge on any atom is -0.429 e. The molecule has 0 unspecified atom stereocenters. The van der Waals surface area contributed by atoms with Gasteiger partial charge in [0.25, 0.3) is 0 Å². The van der Waals surface area contributed by atoms with E-state index in [1.807, 2.05) is 6.07 Å². The molecular formula is C17H21NO5. The van der Waals surface area contributed by atoms with Crippen LogP contribution in [0, 0.1) is 5.92 Å². The lowest BCUT2D eigenvalue weighted by Crippen LogP contribution is -2.32. The molecule has 0 amide bonds. The van der Waals surface area contributed by atoms with Crippen LogP contribution >= 0.6 is 0 Å². The number of hydrogen-bond donors (Lipinski definition) is 1. The molecule has 124 valence electrons. The van der Waals surface area contributed by atoms with Gasteiger partial charge in [0.2, 0.25) is 0 Å². The van der Waals surface area contributed by atoms with E-state index in [4.69, 9.17) is 10.5 Å². The van der Waals surface area contributed by atoms with Crippen molar-refractivity contribution >= 4 is 17.9 Å². The summed E-state index contributed by atoms with van der Waals surface area (Å²) >= 11 is 0. The quantitative estimate of drug-likeness (QED) is 0.583. The zero-order valence-electron chi connectivity index (χ0n) is 12.9. The van der Waals surface area contributed by atoms with Gasteiger partial charge in [0.15, 0.2) is 5.78 Å². The van der Waals surface area contributed by atoms with Gasteiger partial charge in [0, 0.05) is 0 Å². The average molecular weight is 319 g/mol. The van der Waals surface area contributed by atoms with Crippen LogP contribution in [0.1, 0.15) is 37.7 Å². The van der Waals surface area contributed by atoms with Gasteiger partial charge < -0.3 is 15.2 Å². The molecule has 2 rings (SSSR count). The highest BCUT2D eigenvalue weighted by Gasteiger charge is 2.25. The zero-order chi connectivity index (χ0) is 16.7. The van der Waals surface area contributed by atoms with Crippen LogP contribution in [0.3, 0.4) is 0 Å². The van der Waals surface area contributed by atoms with Crippen molar-refractivity contribution < 1.29 is 23.9 Å². The molecule has 0 heterocycles. The number of ether oxygens (including phenoxy) is 2. The van der Waals surface area contributed by atoms with Gasteiger partial charge in [-0.2, -0.15) is 0 Å². The molecule has 1 aromatic rings. The first-order valence-corrected chi connectivity index (χ1v) is 7.74. The highest BCUT2D eigenvalue weighted by molar-refractivity contribution is 6.00. The van der Waals surface area contributed by atoms with Crippen molar-refractivity contribution in [1.29, 1.82) is 0 Å². The Morgan fingerprint density at radius 3 is 2.52 bits per heavy atom. The van der Waals surface area contributed by atoms with Crippen LogP contribution in [0.15, 0.2) is 30.3 Å². The molecule has 1 fully saturated rings. The van der Waals surface area contributed by atoms with E-state index in [-0.39, 0.29) is 6.61 Å². The number of benzene rings is 1. The predicted molar refractivity (Wildman–Crippen MR) is 82.3 cm³/mol. The summed E-state index contributed by atoms with van der Waals surface area (Å²) in [4.78, 5) is 34.7. The smallest absolute Gasteiger partial charge is 0.429 e. The molecule has 1 aromatic carbocycles. The van der Waals surface area contributed by atoms with Crippen LogP contribution in [0.4, 0.5) is 4.79 Å². The van der Waals surface area contributed by atoms with Crippen molar-refractivity contribution in [2.75, 3.05) is 0 Å². The molecule has 0 bridgehead atoms. The SMILES string of the molecule is N[C@@H](CCC1CC1)C(=O)CC(=O)OC(=O)OCc1ccccc1. The fraction of sp³-hybridized carbons (Fsp3) is 0.471. The van der Waals surface area contributed by atoms with E-state index < -0.39 is 30.4 Å². The third-order valence-corrected chi connectivity index (χ3v) is 3.71. The average Bonchev–Trinajstić information content (AvgIpc) is 3.35. The third kappa shape index (κ3) is 6.61. The van der Waals surface area contributed by atoms with Gasteiger partial charge in [-0.3, -0.25) is 9.59 Å². The highest BCUT2D eigenvalue weighted by Crippen LogP contribution is 2.33. The molecule has 0 aromatic heterocycles. The van der Waals surface area contributed by atoms with Crippen LogP contribution in [0.5, 0.6) is 0 Å². The first kappa shape index (κ1) is 17.1. The molecule has 1 saturated carbocycles. The molecule has 1 aliphatic carbocycles. The number of nitrogens with two attached hydrogens (primary N) is 1. The summed E-state index contributed by atoms with van der Waals surface area (Å²) in [6.45, 7) is 0.00179. The van der Waals surface area contributed by atoms with Crippen LogP contribution < -0.4 is 5.73 Å². The number of ketones is 1. The third-order valence-electron chi connectivity index (χ3n) is 3.71. The van der Waals surface area contributed by atoms with Crippen LogP contribution in [0.25, 0.3) is 0 Å². The van der Waals surface area contributed by atoms with Crippen molar-refractivity contribution in [2.45, 2.75) is 44.8 Å². The molecule has 6 nitrogen and oxygen atoms in total. The molecule has 0 radical (unpaired) electrons. The van der Waals surface area contributed by atoms with Gasteiger partial charge >= 0.3 is 12.1 Å². The Morgan fingerprint density at radius 2 is 1.87 bits per heavy atom. The van der Waals surface area contributed by atoms with Crippen LogP contribution in [-0.4, -0.2) is 23.9 Å². The summed E-state index contributed by atoms with van der Waals surface area (Å²) in [5, 5.41) is 0. The van der Waals surface area contributed by atoms with E-state index in [2.05, 4.69) is 4.74 Å². The van der Waals surface area contributed by atoms with Crippen LogP contribution in [-0.2, 0) is 25.7 Å². The summed E-state index contributed by atoms with van der Waals surface area (Å²) in [6.07, 6.45) is 2.23. The molecule has 1 aliphatic rings. The number of carbonyl (C=O) groups is 3. The fourth-order valence-electron chi connectivity index (χ4n) is 2.13. The molecule has 0 saturated heterocycles. The lowest BCUT2D eigenvalue weighted by atomic mass is 10.0. The Balaban J connectivity index is 1.64. The molecule has 6 heteroatoms. The van der Waals surface area contributed by atoms with Gasteiger partial charge in [0.1, 0.15) is 13.0 Å². The second-order valence-corrected chi connectivity index (χ2v) is 5.77. The Hall–Kier alpha value is -2.21. The number of rotatable bonds is 8. The summed E-state index contributed by atoms with van der Waals surface area (Å²) in [5.74, 6) is -0.671. The second-order valence-electron chi connectivity index (χ2n) is 5.77. The second kappa shape index (κ2) is 8.43. The summed E-state index contributed by atoms with van der Waals surface area (Å²) in [6, 6.07) is 8.31. The molecule has 23 heavy (non-hydrogen) atoms. The van der Waals surface area contributed by atoms with Gasteiger partial charge in [0.05, 0.1) is 6.04 Å². The van der Waals surface area contributed by atoms with Crippen molar-refractivity contribution in [1.82, 2.24) is 0 Å². The van der Waals surface area contributed by atoms with Crippen molar-refractivity contribution in [3.63, 3.8) is 0 Å². The maximum absolute atomic E-state index is 11.8. The predicted octanol–water partition coefficient (Wildman–Crippen LogP) is 2.34. The van der Waals surface area contributed by atoms with E-state index >= 15 is 0 Å². The first-order chi connectivity index (χ1) is 11.0. The maximum Gasteiger partial charge on any atom is 0.516 e. The summed E-state index contributed by atoms with van der Waals surface area (Å²) < 4.78 is 9.26. The monoisotopic (exact) mass is 319 g/mol. The highest BCUT2D eigenvalue weighted by atomic mass is 16.7. The zero-order valence-corrected chi connectivity index (χ0v) is 12.9. The van der Waals surface area contributed by atoms with Gasteiger partial charge in [-0.05, 0) is 24.3 Å². The number of hydrogen-bond acceptors (Lipinski definition) is 6. The van der Waals surface area contributed by atoms with E-state index in [9.17, 15) is 14.4 Å². The minimum atomic E-state index is -1.11. The van der Waals surface area contributed by atoms with Gasteiger partial charge in [-0.25, -0.2) is 4.79 Å². The number of esters is 1. The van der Waals surface area contributed by atoms with E-state index in [0.717, 1.165) is 12.0 Å². The van der Waals surface area contributed by atoms with E-state index in [1.165, 1.54) is 12.8 Å². The van der Waals surface area contributed by atoms with E-state index in [1.54, 1.807) is 24.3 Å². The van der Waals surface area contributed by atoms with Crippen molar-refractivity contribution in [3.8, 4) is 0 Å². The lowest BCUT2D eigenvalue weighted by Gasteiger charge is -2.09. The lowest BCUT2D eigenvalue weighted by molar-refractivity contribution is -0.143. The topological polar surface area (TPSA) is 95.7 Å². The molecular weight excluding hydrogens is 298 g/mol. The van der Waals surface area contributed by atoms with Gasteiger partial charge in [-0.15, -0.1) is 0 Å². The fourth-order valence-corrected chi connectivity index (χ4v) is 2.13. The van der Waals surface area contributed by atoms with Crippen molar-refractivity contribution in [2.24, 2.45) is 11.7 Å². The largest absolute Gasteiger partial charge is 0.516 e. The normalized spacial score (nSPS) is 14.8. The Morgan fingerprint density at radius 1 is 1.17 bits per heavy atom. The van der Waals surface area contributed by atoms with Gasteiger partial charge in [-0.1, -0.05) is 43.2 Å².